The predicted molar refractivity (Wildman–Crippen MR) is 42.9 cm³/mol. The molecule has 13 nitrogen and oxygen atoms in total. The zero-order chi connectivity index (χ0) is 3.58. The van der Waals surface area contributed by atoms with Crippen LogP contribution in [0, 0.1) is 55.3 Å². The molecule has 14 heteroatoms. The standard InChI is InChI=1S/NO3.9H2O.Th/c2-1(3)4;;;;;;;;;;/h;9*1H2;/q-1;;;;;;;;;;+2. The van der Waals surface area contributed by atoms with Crippen LogP contribution in [0.15, 0.2) is 0 Å². The first-order valence-corrected chi connectivity index (χ1v) is 0.548. The first-order chi connectivity index (χ1) is 1.73. The molecule has 0 saturated carbocycles. The van der Waals surface area contributed by atoms with Gasteiger partial charge in [-0.05, 0) is 0 Å². The van der Waals surface area contributed by atoms with Gasteiger partial charge in [-0.3, -0.25) is 0 Å². The third kappa shape index (κ3) is 55900. The van der Waals surface area contributed by atoms with Crippen LogP contribution in [0.4, 0.5) is 0 Å². The van der Waals surface area contributed by atoms with Gasteiger partial charge in [-0.1, -0.05) is 0 Å². The van der Waals surface area contributed by atoms with Crippen molar-refractivity contribution in [3.8, 4) is 0 Å². The second-order valence-electron chi connectivity index (χ2n) is 0.224. The second kappa shape index (κ2) is 195. The van der Waals surface area contributed by atoms with Gasteiger partial charge in [0.1, 0.15) is 0 Å². The van der Waals surface area contributed by atoms with E-state index in [-0.39, 0.29) is 89.2 Å². The van der Waals surface area contributed by atoms with Gasteiger partial charge in [0.05, 0.1) is 5.09 Å². The van der Waals surface area contributed by atoms with Gasteiger partial charge in [0.2, 0.25) is 0 Å². The van der Waals surface area contributed by atoms with E-state index in [4.69, 9.17) is 15.3 Å². The normalized spacial score (nSPS) is 1.71. The fourth-order valence-electron chi connectivity index (χ4n) is 0. The molecular weight excluding hydrogens is 438 g/mol. The molecule has 0 fully saturated rings. The number of hydrogen-bond acceptors (Lipinski definition) is 3. The van der Waals surface area contributed by atoms with Crippen LogP contribution in [0.3, 0.4) is 0 Å². The molecule has 0 amide bonds. The van der Waals surface area contributed by atoms with E-state index < -0.39 is 5.09 Å². The van der Waals surface area contributed by atoms with Gasteiger partial charge < -0.3 is 64.6 Å². The Morgan fingerprint density at radius 1 is 0.571 bits per heavy atom. The molecule has 0 aliphatic carbocycles. The molecule has 14 heavy (non-hydrogen) atoms. The molecule has 0 rings (SSSR count). The summed E-state index contributed by atoms with van der Waals surface area (Å²) in [4.78, 5) is 8.25. The Bertz CT molecular complexity index is 33.3. The minimum absolute atomic E-state index is 0. The van der Waals surface area contributed by atoms with Crippen molar-refractivity contribution in [2.24, 2.45) is 0 Å². The zero-order valence-corrected chi connectivity index (χ0v) is 10.8. The summed E-state index contributed by atoms with van der Waals surface area (Å²) in [6.07, 6.45) is 0. The first kappa shape index (κ1) is 245. The van der Waals surface area contributed by atoms with E-state index in [2.05, 4.69) is 0 Å². The van der Waals surface area contributed by atoms with E-state index in [1.165, 1.54) is 0 Å². The van der Waals surface area contributed by atoms with Gasteiger partial charge in [0, 0.05) is 0 Å². The van der Waals surface area contributed by atoms with Crippen molar-refractivity contribution in [2.45, 2.75) is 0 Å². The molecule has 0 aromatic rings. The zero-order valence-electron chi connectivity index (χ0n) is 6.67. The molecule has 0 atom stereocenters. The quantitative estimate of drug-likeness (QED) is 0.253. The average molecular weight is 456 g/mol. The van der Waals surface area contributed by atoms with Gasteiger partial charge in [0.15, 0.2) is 0 Å². The third-order valence-corrected chi connectivity index (χ3v) is 0. The van der Waals surface area contributed by atoms with Crippen LogP contribution in [0.5, 0.6) is 0 Å². The van der Waals surface area contributed by atoms with E-state index >= 15 is 0 Å². The fourth-order valence-corrected chi connectivity index (χ4v) is 0. The van der Waals surface area contributed by atoms with E-state index in [0.29, 0.717) is 0 Å². The third-order valence-electron chi connectivity index (χ3n) is 0. The molecule has 0 aliphatic heterocycles. The summed E-state index contributed by atoms with van der Waals surface area (Å²) < 4.78 is 0. The number of rotatable bonds is 0. The maximum absolute atomic E-state index is 8.25. The molecular formula is H18NO12Th+. The van der Waals surface area contributed by atoms with Crippen molar-refractivity contribution < 1.29 is 94.3 Å². The Hall–Kier alpha value is 0.165. The van der Waals surface area contributed by atoms with E-state index in [1.54, 1.807) is 0 Å². The van der Waals surface area contributed by atoms with Crippen LogP contribution in [-0.4, -0.2) is 54.4 Å². The molecule has 0 unspecified atom stereocenters. The van der Waals surface area contributed by atoms with Gasteiger partial charge >= 0.3 is 39.9 Å². The average Bonchev–Trinajstić information content (AvgIpc) is 0.811. The van der Waals surface area contributed by atoms with Crippen LogP contribution in [0.25, 0.3) is 0 Å². The van der Waals surface area contributed by atoms with Crippen LogP contribution in [0.2, 0.25) is 0 Å². The minimum atomic E-state index is -1.75. The Morgan fingerprint density at radius 3 is 0.571 bits per heavy atom. The Morgan fingerprint density at radius 2 is 0.571 bits per heavy atom. The van der Waals surface area contributed by atoms with Gasteiger partial charge in [0.25, 0.3) is 0 Å². The molecule has 0 radical (unpaired) electrons. The summed E-state index contributed by atoms with van der Waals surface area (Å²) in [5, 5.41) is 14.8. The van der Waals surface area contributed by atoms with Crippen molar-refractivity contribution in [3.05, 3.63) is 15.3 Å². The topological polar surface area (TPSA) is 350 Å². The number of nitrogens with zero attached hydrogens (tertiary/aromatic N) is 1. The molecule has 98 valence electrons. The van der Waals surface area contributed by atoms with E-state index in [1.807, 2.05) is 0 Å². The fraction of sp³-hybridized carbons (Fsp3) is 0. The van der Waals surface area contributed by atoms with Crippen molar-refractivity contribution in [2.75, 3.05) is 0 Å². The summed E-state index contributed by atoms with van der Waals surface area (Å²) in [5.41, 5.74) is 0. The van der Waals surface area contributed by atoms with Gasteiger partial charge in [-0.15, -0.1) is 0 Å². The summed E-state index contributed by atoms with van der Waals surface area (Å²) in [7, 11) is 0. The molecule has 18 N–H and O–H groups in total. The van der Waals surface area contributed by atoms with E-state index in [0.717, 1.165) is 0 Å². The molecule has 0 aliphatic rings. The predicted octanol–water partition coefficient (Wildman–Crippen LogP) is -7.66. The van der Waals surface area contributed by atoms with Crippen molar-refractivity contribution in [1.82, 2.24) is 0 Å². The largest absolute Gasteiger partial charge is 2.00 e. The first-order valence-electron chi connectivity index (χ1n) is 0.548. The number of hydrogen-bond donors (Lipinski definition) is 0. The monoisotopic (exact) mass is 456 g/mol. The van der Waals surface area contributed by atoms with Crippen LogP contribution in [-0.2, 0) is 0 Å². The van der Waals surface area contributed by atoms with Crippen LogP contribution < -0.4 is 0 Å². The van der Waals surface area contributed by atoms with Gasteiger partial charge in [-0.2, -0.15) is 0 Å². The molecule has 0 aromatic heterocycles. The second-order valence-corrected chi connectivity index (χ2v) is 0.224. The molecule has 0 spiro atoms. The molecule has 0 saturated heterocycles. The summed E-state index contributed by atoms with van der Waals surface area (Å²) in [5.74, 6) is 0. The van der Waals surface area contributed by atoms with Gasteiger partial charge in [-0.25, -0.2) is 0 Å². The van der Waals surface area contributed by atoms with Crippen molar-refractivity contribution in [3.63, 3.8) is 0 Å². The minimum Gasteiger partial charge on any atom is -0.412 e. The summed E-state index contributed by atoms with van der Waals surface area (Å²) in [6, 6.07) is 0. The summed E-state index contributed by atoms with van der Waals surface area (Å²) in [6.45, 7) is 0. The van der Waals surface area contributed by atoms with E-state index in [9.17, 15) is 0 Å². The van der Waals surface area contributed by atoms with Crippen molar-refractivity contribution in [1.29, 1.82) is 0 Å². The molecule has 0 bridgehead atoms. The molecule has 0 aromatic carbocycles. The van der Waals surface area contributed by atoms with Crippen molar-refractivity contribution >= 4 is 0 Å². The Kier molecular flexibility index (Phi) is 3410. The Balaban J connectivity index is -0.000000001000. The van der Waals surface area contributed by atoms with Crippen LogP contribution in [0.1, 0.15) is 0 Å². The summed E-state index contributed by atoms with van der Waals surface area (Å²) >= 11 is 0. The van der Waals surface area contributed by atoms with Crippen LogP contribution >= 0.6 is 0 Å². The maximum atomic E-state index is 8.25. The molecule has 0 heterocycles. The smallest absolute Gasteiger partial charge is 0.412 e. The maximum Gasteiger partial charge on any atom is 2.00 e. The Labute approximate surface area is 109 Å². The SMILES string of the molecule is O.O.O.O.O.O.O.O.O.O=[N+]([O-])[O-].[Th+2].